The fourth-order valence-corrected chi connectivity index (χ4v) is 2.64. The second kappa shape index (κ2) is 6.21. The van der Waals surface area contributed by atoms with Crippen molar-refractivity contribution in [2.24, 2.45) is 0 Å². The number of nitrogens with zero attached hydrogens (tertiary/aromatic N) is 3. The summed E-state index contributed by atoms with van der Waals surface area (Å²) in [6.07, 6.45) is 0.305. The Morgan fingerprint density at radius 1 is 1.45 bits per heavy atom. The first-order valence-corrected chi connectivity index (χ1v) is 7.41. The molecule has 22 heavy (non-hydrogen) atoms. The van der Waals surface area contributed by atoms with Crippen molar-refractivity contribution in [3.8, 4) is 5.88 Å². The Hall–Kier alpha value is -2.31. The molecule has 2 aliphatic heterocycles. The third kappa shape index (κ3) is 3.29. The Bertz CT molecular complexity index is 578. The van der Waals surface area contributed by atoms with Crippen molar-refractivity contribution in [2.75, 3.05) is 32.8 Å². The predicted molar refractivity (Wildman–Crippen MR) is 77.5 cm³/mol. The molecule has 2 aliphatic rings. The third-order valence-corrected chi connectivity index (χ3v) is 3.82. The number of carbonyl (C=O) groups is 2. The van der Waals surface area contributed by atoms with Gasteiger partial charge < -0.3 is 14.4 Å². The van der Waals surface area contributed by atoms with E-state index in [9.17, 15) is 9.59 Å². The SMILES string of the molecule is Cc1cccc(O[C@@H]2CCN(C(=O)CN3CCOC3=O)C2)n1. The fraction of sp³-hybridized carbons (Fsp3) is 0.533. The van der Waals surface area contributed by atoms with Crippen LogP contribution in [0.2, 0.25) is 0 Å². The summed E-state index contributed by atoms with van der Waals surface area (Å²) >= 11 is 0. The number of likely N-dealkylation sites (tertiary alicyclic amines) is 1. The van der Waals surface area contributed by atoms with Crippen molar-refractivity contribution in [3.05, 3.63) is 23.9 Å². The van der Waals surface area contributed by atoms with Crippen LogP contribution < -0.4 is 4.74 Å². The number of rotatable bonds is 4. The Morgan fingerprint density at radius 3 is 3.05 bits per heavy atom. The lowest BCUT2D eigenvalue weighted by molar-refractivity contribution is -0.130. The zero-order chi connectivity index (χ0) is 15.5. The molecule has 0 aliphatic carbocycles. The maximum Gasteiger partial charge on any atom is 0.410 e. The largest absolute Gasteiger partial charge is 0.472 e. The molecule has 2 saturated heterocycles. The van der Waals surface area contributed by atoms with E-state index in [0.29, 0.717) is 32.1 Å². The van der Waals surface area contributed by atoms with Crippen LogP contribution in [0.15, 0.2) is 18.2 Å². The van der Waals surface area contributed by atoms with E-state index in [1.165, 1.54) is 4.90 Å². The van der Waals surface area contributed by atoms with E-state index in [2.05, 4.69) is 4.98 Å². The number of cyclic esters (lactones) is 1. The van der Waals surface area contributed by atoms with Crippen LogP contribution >= 0.6 is 0 Å². The highest BCUT2D eigenvalue weighted by molar-refractivity contribution is 5.83. The second-order valence-corrected chi connectivity index (χ2v) is 5.52. The highest BCUT2D eigenvalue weighted by Crippen LogP contribution is 2.17. The first kappa shape index (κ1) is 14.6. The molecule has 0 N–H and O–H groups in total. The van der Waals surface area contributed by atoms with Gasteiger partial charge in [-0.2, -0.15) is 0 Å². The quantitative estimate of drug-likeness (QED) is 0.823. The molecule has 7 nitrogen and oxygen atoms in total. The molecule has 7 heteroatoms. The van der Waals surface area contributed by atoms with Crippen molar-refractivity contribution in [1.82, 2.24) is 14.8 Å². The van der Waals surface area contributed by atoms with Crippen LogP contribution in [0.5, 0.6) is 5.88 Å². The summed E-state index contributed by atoms with van der Waals surface area (Å²) in [6.45, 7) is 3.98. The van der Waals surface area contributed by atoms with Gasteiger partial charge in [0.15, 0.2) is 0 Å². The van der Waals surface area contributed by atoms with Gasteiger partial charge in [-0.15, -0.1) is 0 Å². The molecule has 118 valence electrons. The molecule has 0 unspecified atom stereocenters. The van der Waals surface area contributed by atoms with E-state index in [1.807, 2.05) is 25.1 Å². The minimum atomic E-state index is -0.413. The number of carbonyl (C=O) groups excluding carboxylic acids is 2. The van der Waals surface area contributed by atoms with Crippen molar-refractivity contribution in [1.29, 1.82) is 0 Å². The van der Waals surface area contributed by atoms with E-state index < -0.39 is 6.09 Å². The minimum Gasteiger partial charge on any atom is -0.472 e. The van der Waals surface area contributed by atoms with Gasteiger partial charge in [0.1, 0.15) is 19.3 Å². The van der Waals surface area contributed by atoms with Crippen LogP contribution in [0.1, 0.15) is 12.1 Å². The van der Waals surface area contributed by atoms with Crippen LogP contribution in [0.3, 0.4) is 0 Å². The summed E-state index contributed by atoms with van der Waals surface area (Å²) in [5.74, 6) is 0.518. The van der Waals surface area contributed by atoms with Gasteiger partial charge >= 0.3 is 6.09 Å². The molecule has 0 aromatic carbocycles. The number of pyridine rings is 1. The highest BCUT2D eigenvalue weighted by Gasteiger charge is 2.31. The van der Waals surface area contributed by atoms with Crippen molar-refractivity contribution < 1.29 is 19.1 Å². The van der Waals surface area contributed by atoms with Crippen LogP contribution in [-0.2, 0) is 9.53 Å². The molecule has 0 spiro atoms. The van der Waals surface area contributed by atoms with E-state index in [0.717, 1.165) is 12.1 Å². The standard InChI is InChI=1S/C15H19N3O4/c1-11-3-2-4-13(16-11)22-12-5-6-17(9-12)14(19)10-18-7-8-21-15(18)20/h2-4,12H,5-10H2,1H3/t12-/m1/s1. The fourth-order valence-electron chi connectivity index (χ4n) is 2.64. The molecule has 1 aromatic rings. The zero-order valence-electron chi connectivity index (χ0n) is 12.5. The molecule has 1 atom stereocenters. The number of aromatic nitrogens is 1. The lowest BCUT2D eigenvalue weighted by Crippen LogP contribution is -2.40. The number of ether oxygens (including phenoxy) is 2. The van der Waals surface area contributed by atoms with Crippen LogP contribution in [0.4, 0.5) is 4.79 Å². The van der Waals surface area contributed by atoms with Crippen LogP contribution in [0, 0.1) is 6.92 Å². The topological polar surface area (TPSA) is 72.0 Å². The van der Waals surface area contributed by atoms with E-state index in [-0.39, 0.29) is 18.6 Å². The third-order valence-electron chi connectivity index (χ3n) is 3.82. The first-order chi connectivity index (χ1) is 10.6. The summed E-state index contributed by atoms with van der Waals surface area (Å²) in [5, 5.41) is 0. The van der Waals surface area contributed by atoms with Gasteiger partial charge in [0, 0.05) is 24.7 Å². The molecule has 0 radical (unpaired) electrons. The molecule has 2 fully saturated rings. The van der Waals surface area contributed by atoms with Gasteiger partial charge in [0.25, 0.3) is 0 Å². The van der Waals surface area contributed by atoms with Gasteiger partial charge in [-0.3, -0.25) is 9.69 Å². The smallest absolute Gasteiger partial charge is 0.410 e. The number of amides is 2. The summed E-state index contributed by atoms with van der Waals surface area (Å²) < 4.78 is 10.6. The van der Waals surface area contributed by atoms with E-state index in [4.69, 9.17) is 9.47 Å². The van der Waals surface area contributed by atoms with Gasteiger partial charge in [-0.25, -0.2) is 9.78 Å². The predicted octanol–water partition coefficient (Wildman–Crippen LogP) is 0.822. The lowest BCUT2D eigenvalue weighted by Gasteiger charge is -2.20. The molecule has 1 aromatic heterocycles. The van der Waals surface area contributed by atoms with Gasteiger partial charge in [0.05, 0.1) is 13.1 Å². The molecule has 2 amide bonds. The van der Waals surface area contributed by atoms with Crippen molar-refractivity contribution in [2.45, 2.75) is 19.4 Å². The summed E-state index contributed by atoms with van der Waals surface area (Å²) in [6, 6.07) is 5.62. The average Bonchev–Trinajstić information content (AvgIpc) is 3.09. The van der Waals surface area contributed by atoms with Crippen molar-refractivity contribution in [3.63, 3.8) is 0 Å². The molecular weight excluding hydrogens is 286 g/mol. The highest BCUT2D eigenvalue weighted by atomic mass is 16.6. The summed E-state index contributed by atoms with van der Waals surface area (Å²) in [4.78, 5) is 31.0. The molecular formula is C15H19N3O4. The minimum absolute atomic E-state index is 0.0521. The summed E-state index contributed by atoms with van der Waals surface area (Å²) in [7, 11) is 0. The molecule has 0 saturated carbocycles. The van der Waals surface area contributed by atoms with Crippen molar-refractivity contribution >= 4 is 12.0 Å². The van der Waals surface area contributed by atoms with E-state index in [1.54, 1.807) is 4.90 Å². The Morgan fingerprint density at radius 2 is 2.32 bits per heavy atom. The normalized spacial score (nSPS) is 21.1. The summed E-state index contributed by atoms with van der Waals surface area (Å²) in [5.41, 5.74) is 0.899. The number of hydrogen-bond acceptors (Lipinski definition) is 5. The lowest BCUT2D eigenvalue weighted by atomic mass is 10.3. The Kier molecular flexibility index (Phi) is 4.13. The van der Waals surface area contributed by atoms with Crippen LogP contribution in [0.25, 0.3) is 0 Å². The molecule has 0 bridgehead atoms. The number of hydrogen-bond donors (Lipinski definition) is 0. The molecule has 3 heterocycles. The Balaban J connectivity index is 1.51. The first-order valence-electron chi connectivity index (χ1n) is 7.41. The zero-order valence-corrected chi connectivity index (χ0v) is 12.5. The van der Waals surface area contributed by atoms with E-state index >= 15 is 0 Å². The van der Waals surface area contributed by atoms with Crippen LogP contribution in [-0.4, -0.2) is 65.7 Å². The number of aryl methyl sites for hydroxylation is 1. The monoisotopic (exact) mass is 305 g/mol. The maximum absolute atomic E-state index is 12.2. The average molecular weight is 305 g/mol. The molecule has 3 rings (SSSR count). The van der Waals surface area contributed by atoms with Gasteiger partial charge in [-0.05, 0) is 13.0 Å². The van der Waals surface area contributed by atoms with Gasteiger partial charge in [0.2, 0.25) is 11.8 Å². The maximum atomic E-state index is 12.2. The Labute approximate surface area is 128 Å². The van der Waals surface area contributed by atoms with Gasteiger partial charge in [-0.1, -0.05) is 6.07 Å². The second-order valence-electron chi connectivity index (χ2n) is 5.52.